The molecule has 4 heteroatoms. The van der Waals surface area contributed by atoms with E-state index in [-0.39, 0.29) is 0 Å². The van der Waals surface area contributed by atoms with Crippen LogP contribution in [0.4, 0.5) is 17.6 Å². The molecule has 0 radical (unpaired) electrons. The van der Waals surface area contributed by atoms with Gasteiger partial charge in [0, 0.05) is 0 Å². The molecule has 0 saturated heterocycles. The van der Waals surface area contributed by atoms with Crippen molar-refractivity contribution in [3.8, 4) is 0 Å². The van der Waals surface area contributed by atoms with Gasteiger partial charge in [-0.15, -0.1) is 0 Å². The first-order valence-electron chi connectivity index (χ1n) is 50.2. The van der Waals surface area contributed by atoms with Gasteiger partial charge in [0.2, 0.25) is 0 Å². The van der Waals surface area contributed by atoms with Crippen molar-refractivity contribution in [1.82, 2.24) is 0 Å². The first-order chi connectivity index (χ1) is 55.2. The Morgan fingerprint density at radius 2 is 0.348 bits per heavy atom. The molecule has 11 fully saturated rings. The van der Waals surface area contributed by atoms with E-state index in [1.54, 1.807) is 138 Å². The van der Waals surface area contributed by atoms with Gasteiger partial charge in [0.1, 0.15) is 0 Å². The second-order valence-electron chi connectivity index (χ2n) is 43.8. The summed E-state index contributed by atoms with van der Waals surface area (Å²) in [5, 5.41) is 0. The Balaban J connectivity index is 0.000000147. The molecule has 4 aromatic rings. The summed E-state index contributed by atoms with van der Waals surface area (Å²) in [5.41, 5.74) is 14.1. The zero-order valence-corrected chi connectivity index (χ0v) is 77.5. The number of aryl methyl sites for hydroxylation is 4. The molecule has 0 aromatic heterocycles. The Hall–Kier alpha value is -3.40. The molecule has 0 nitrogen and oxygen atoms in total. The highest BCUT2D eigenvalue weighted by Gasteiger charge is 2.36. The van der Waals surface area contributed by atoms with Crippen LogP contribution in [0, 0.1) is 209 Å². The van der Waals surface area contributed by atoms with Gasteiger partial charge in [0.05, 0.1) is 0 Å². The highest BCUT2D eigenvalue weighted by atomic mass is 19.2. The maximum Gasteiger partial charge on any atom is 0.162 e. The van der Waals surface area contributed by atoms with Gasteiger partial charge in [-0.1, -0.05) is 232 Å². The zero-order chi connectivity index (χ0) is 82.2. The van der Waals surface area contributed by atoms with Crippen LogP contribution in [0.3, 0.4) is 0 Å². The monoisotopic (exact) mass is 1590 g/mol. The maximum absolute atomic E-state index is 14.0. The fourth-order valence-electron chi connectivity index (χ4n) is 24.9. The Morgan fingerprint density at radius 3 is 0.583 bits per heavy atom. The quantitative estimate of drug-likeness (QED) is 0.110. The summed E-state index contributed by atoms with van der Waals surface area (Å²) in [6.07, 6.45) is 69.4. The lowest BCUT2D eigenvalue weighted by Gasteiger charge is -2.38. The van der Waals surface area contributed by atoms with E-state index in [0.717, 1.165) is 131 Å². The molecule has 0 spiro atoms. The van der Waals surface area contributed by atoms with Crippen molar-refractivity contribution in [1.29, 1.82) is 0 Å². The summed E-state index contributed by atoms with van der Waals surface area (Å²) in [7, 11) is 0. The van der Waals surface area contributed by atoms with E-state index in [9.17, 15) is 17.6 Å². The lowest BCUT2D eigenvalue weighted by atomic mass is 9.67. The minimum Gasteiger partial charge on any atom is -0.203 e. The van der Waals surface area contributed by atoms with Crippen LogP contribution in [0.25, 0.3) is 0 Å². The highest BCUT2D eigenvalue weighted by molar-refractivity contribution is 5.40. The van der Waals surface area contributed by atoms with Gasteiger partial charge in [-0.3, -0.25) is 0 Å². The predicted molar refractivity (Wildman–Crippen MR) is 488 cm³/mol. The van der Waals surface area contributed by atoms with E-state index in [2.05, 4.69) is 121 Å². The van der Waals surface area contributed by atoms with Crippen LogP contribution < -0.4 is 0 Å². The van der Waals surface area contributed by atoms with Gasteiger partial charge >= 0.3 is 0 Å². The van der Waals surface area contributed by atoms with E-state index in [0.29, 0.717) is 46.9 Å². The minimum absolute atomic E-state index is 0.392. The Morgan fingerprint density at radius 1 is 0.183 bits per heavy atom. The van der Waals surface area contributed by atoms with Crippen LogP contribution in [-0.4, -0.2) is 0 Å². The summed E-state index contributed by atoms with van der Waals surface area (Å²) < 4.78 is 54.9. The molecule has 0 heterocycles. The number of rotatable bonds is 14. The predicted octanol–water partition coefficient (Wildman–Crippen LogP) is 34.3. The van der Waals surface area contributed by atoms with Crippen molar-refractivity contribution >= 4 is 0 Å². The van der Waals surface area contributed by atoms with Gasteiger partial charge in [-0.05, 0) is 439 Å². The summed E-state index contributed by atoms with van der Waals surface area (Å²) in [6.45, 7) is 36.1. The molecule has 11 aliphatic carbocycles. The van der Waals surface area contributed by atoms with Crippen LogP contribution >= 0.6 is 0 Å². The lowest BCUT2D eigenvalue weighted by molar-refractivity contribution is 0.133. The normalized spacial score (nSPS) is 33.9. The molecular weight excluding hydrogens is 1410 g/mol. The number of halogens is 4. The SMILES string of the molecule is CC1CCC(C2CCC(C)CC2)CC1.CC1CCC(CC2CCC(C3CCC(C)CC3)CC2)CC1.Cc1ccc(CC2CCC(C)CC2)c(C)c1C.Cc1ccc(CC2CCC(C)CC2)c(F)c1F.Cc1ccc(CC2CCC(C3CCC(C)CC3)CC2)c(C)c1C.Cc1ccc(CC2CCC(C3CCC(C)CC3)CC2)c(F)c1F. The van der Waals surface area contributed by atoms with Crippen molar-refractivity contribution in [2.24, 2.45) is 130 Å². The lowest BCUT2D eigenvalue weighted by Crippen LogP contribution is -2.26. The average Bonchev–Trinajstić information content (AvgIpc) is 0.843. The average molecular weight is 1590 g/mol. The largest absolute Gasteiger partial charge is 0.203 e. The van der Waals surface area contributed by atoms with Gasteiger partial charge in [-0.2, -0.15) is 0 Å². The topological polar surface area (TPSA) is 0 Å². The molecule has 15 rings (SSSR count). The third-order valence-corrected chi connectivity index (χ3v) is 34.8. The summed E-state index contributed by atoms with van der Waals surface area (Å²) in [4.78, 5) is 0. The van der Waals surface area contributed by atoms with Crippen LogP contribution in [0.1, 0.15) is 411 Å². The van der Waals surface area contributed by atoms with Crippen LogP contribution in [0.15, 0.2) is 48.5 Å². The van der Waals surface area contributed by atoms with Crippen molar-refractivity contribution in [3.05, 3.63) is 139 Å². The van der Waals surface area contributed by atoms with Crippen molar-refractivity contribution < 1.29 is 17.6 Å². The minimum atomic E-state index is -0.674. The Labute approximate surface area is 707 Å². The third kappa shape index (κ3) is 29.4. The smallest absolute Gasteiger partial charge is 0.162 e. The molecule has 0 amide bonds. The second-order valence-corrected chi connectivity index (χ2v) is 43.8. The molecule has 648 valence electrons. The van der Waals surface area contributed by atoms with E-state index < -0.39 is 23.3 Å². The molecule has 11 saturated carbocycles. The molecule has 0 atom stereocenters. The van der Waals surface area contributed by atoms with Crippen LogP contribution in [-0.2, 0) is 25.7 Å². The van der Waals surface area contributed by atoms with Gasteiger partial charge in [-0.25, -0.2) is 17.6 Å². The number of hydrogen-bond acceptors (Lipinski definition) is 0. The standard InChI is InChI=1S/C23H36.C21H30F2.C21H38.C17H26.C15H20F2.C14H26/c1-16-5-10-21(11-6-16)22-13-8-20(9-14-22)15-23-12-7-17(2)18(3)19(23)4;1-14-3-8-17(9-4-14)18-11-6-16(7-12-18)13-19-10-5-15(2)20(22)21(19)23;1-16-3-7-18(8-4-16)15-19-9-13-21(14-10-19)20-11-5-17(2)6-12-20;1-12-5-8-16(9-6-12)11-17-10-7-13(2)14(3)15(17)4;1-10-3-6-12(7-4-10)9-13-8-5-11(2)14(16)15(13)17;1-11-3-7-13(8-4-11)14-9-5-12(2)6-10-14/h7,12,16,20-22H,5-6,8-11,13-15H2,1-4H3;5,10,14,16-18H,3-4,6-9,11-13H2,1-2H3;16-21H,3-15H2,1-2H3;7,10,12,16H,5-6,8-9,11H2,1-4H3;5,8,10,12H,3-4,6-7,9H2,1-2H3;11-14H,3-10H2,1-2H3. The molecular formula is C111H176F4. The first kappa shape index (κ1) is 93.9. The van der Waals surface area contributed by atoms with Gasteiger partial charge in [0.25, 0.3) is 0 Å². The first-order valence-corrected chi connectivity index (χ1v) is 50.2. The summed E-state index contributed by atoms with van der Waals surface area (Å²) in [5.74, 6) is 18.7. The van der Waals surface area contributed by atoms with Crippen LogP contribution in [0.5, 0.6) is 0 Å². The molecule has 115 heavy (non-hydrogen) atoms. The maximum atomic E-state index is 14.0. The summed E-state index contributed by atoms with van der Waals surface area (Å²) >= 11 is 0. The van der Waals surface area contributed by atoms with Crippen LogP contribution in [0.2, 0.25) is 0 Å². The molecule has 0 N–H and O–H groups in total. The molecule has 0 bridgehead atoms. The molecule has 0 aliphatic heterocycles. The number of benzene rings is 4. The molecule has 4 aromatic carbocycles. The highest BCUT2D eigenvalue weighted by Crippen LogP contribution is 2.48. The van der Waals surface area contributed by atoms with E-state index >= 15 is 0 Å². The third-order valence-electron chi connectivity index (χ3n) is 34.8. The van der Waals surface area contributed by atoms with E-state index in [4.69, 9.17) is 0 Å². The fourth-order valence-corrected chi connectivity index (χ4v) is 24.9. The van der Waals surface area contributed by atoms with Gasteiger partial charge < -0.3 is 0 Å². The second kappa shape index (κ2) is 47.3. The zero-order valence-electron chi connectivity index (χ0n) is 77.5. The van der Waals surface area contributed by atoms with Crippen molar-refractivity contribution in [2.45, 2.75) is 425 Å². The van der Waals surface area contributed by atoms with Crippen molar-refractivity contribution in [3.63, 3.8) is 0 Å². The van der Waals surface area contributed by atoms with Gasteiger partial charge in [0.15, 0.2) is 23.3 Å². The molecule has 0 unspecified atom stereocenters. The van der Waals surface area contributed by atoms with E-state index in [1.165, 1.54) is 233 Å². The summed E-state index contributed by atoms with van der Waals surface area (Å²) in [6, 6.07) is 16.3. The van der Waals surface area contributed by atoms with Crippen molar-refractivity contribution in [2.75, 3.05) is 0 Å². The Bertz CT molecular complexity index is 3200. The van der Waals surface area contributed by atoms with E-state index in [1.807, 2.05) is 0 Å². The Kier molecular flexibility index (Phi) is 38.6. The molecule has 11 aliphatic rings. The number of hydrogen-bond donors (Lipinski definition) is 0. The fraction of sp³-hybridized carbons (Fsp3) is 0.784.